The second-order valence-corrected chi connectivity index (χ2v) is 7.86. The van der Waals surface area contributed by atoms with Crippen LogP contribution < -0.4 is 10.2 Å². The van der Waals surface area contributed by atoms with E-state index in [1.165, 1.54) is 32.1 Å². The van der Waals surface area contributed by atoms with Crippen molar-refractivity contribution in [2.24, 2.45) is 5.92 Å². The summed E-state index contributed by atoms with van der Waals surface area (Å²) in [6.07, 6.45) is 11.0. The van der Waals surface area contributed by atoms with Crippen LogP contribution in [-0.4, -0.2) is 58.1 Å². The van der Waals surface area contributed by atoms with Crippen molar-refractivity contribution in [3.63, 3.8) is 0 Å². The van der Waals surface area contributed by atoms with Crippen molar-refractivity contribution in [2.45, 2.75) is 57.5 Å². The molecule has 0 unspecified atom stereocenters. The number of carbonyl (C=O) groups is 1. The summed E-state index contributed by atoms with van der Waals surface area (Å²) in [7, 11) is 0. The van der Waals surface area contributed by atoms with Crippen LogP contribution in [0.15, 0.2) is 18.5 Å². The predicted octanol–water partition coefficient (Wildman–Crippen LogP) is 2.20. The van der Waals surface area contributed by atoms with Crippen LogP contribution in [0, 0.1) is 5.92 Å². The summed E-state index contributed by atoms with van der Waals surface area (Å²) in [4.78, 5) is 14.7. The number of piperidine rings is 1. The van der Waals surface area contributed by atoms with Gasteiger partial charge in [0.2, 0.25) is 5.91 Å². The van der Waals surface area contributed by atoms with Crippen molar-refractivity contribution in [3.8, 4) is 0 Å². The molecule has 8 nitrogen and oxygen atoms in total. The Kier molecular flexibility index (Phi) is 6.36. The number of hydrogen-bond donors (Lipinski definition) is 1. The van der Waals surface area contributed by atoms with E-state index in [0.29, 0.717) is 12.6 Å². The number of rotatable bonds is 7. The summed E-state index contributed by atoms with van der Waals surface area (Å²) in [5.74, 6) is 1.18. The lowest BCUT2D eigenvalue weighted by atomic mass is 9.96. The van der Waals surface area contributed by atoms with Crippen LogP contribution in [0.3, 0.4) is 0 Å². The normalized spacial score (nSPS) is 19.2. The van der Waals surface area contributed by atoms with E-state index in [4.69, 9.17) is 4.74 Å². The maximum atomic E-state index is 12.4. The van der Waals surface area contributed by atoms with Crippen molar-refractivity contribution in [2.75, 3.05) is 31.1 Å². The number of aromatic nitrogens is 4. The van der Waals surface area contributed by atoms with Gasteiger partial charge in [-0.3, -0.25) is 4.79 Å². The Bertz CT molecular complexity index is 765. The summed E-state index contributed by atoms with van der Waals surface area (Å²) < 4.78 is 7.61. The number of hydrogen-bond acceptors (Lipinski definition) is 6. The number of nitrogens with one attached hydrogen (secondary N) is 1. The molecule has 2 aromatic heterocycles. The van der Waals surface area contributed by atoms with E-state index >= 15 is 0 Å². The van der Waals surface area contributed by atoms with Crippen LogP contribution in [0.5, 0.6) is 0 Å². The molecule has 8 heteroatoms. The predicted molar refractivity (Wildman–Crippen MR) is 106 cm³/mol. The van der Waals surface area contributed by atoms with Crippen LogP contribution in [0.1, 0.15) is 51.4 Å². The van der Waals surface area contributed by atoms with Crippen molar-refractivity contribution in [1.29, 1.82) is 0 Å². The van der Waals surface area contributed by atoms with E-state index in [9.17, 15) is 4.79 Å². The number of fused-ring (bicyclic) bond motifs is 1. The van der Waals surface area contributed by atoms with Crippen LogP contribution in [0.4, 0.5) is 5.82 Å². The zero-order chi connectivity index (χ0) is 19.2. The molecule has 1 saturated carbocycles. The lowest BCUT2D eigenvalue weighted by Gasteiger charge is -2.32. The van der Waals surface area contributed by atoms with Gasteiger partial charge in [0.1, 0.15) is 12.1 Å². The minimum absolute atomic E-state index is 0.0918. The Morgan fingerprint density at radius 1 is 1.14 bits per heavy atom. The first kappa shape index (κ1) is 19.1. The topological polar surface area (TPSA) is 84.6 Å². The van der Waals surface area contributed by atoms with E-state index in [2.05, 4.69) is 25.5 Å². The van der Waals surface area contributed by atoms with Crippen LogP contribution in [-0.2, 0) is 9.53 Å². The molecule has 0 spiro atoms. The highest BCUT2D eigenvalue weighted by atomic mass is 16.5. The summed E-state index contributed by atoms with van der Waals surface area (Å²) in [6, 6.07) is 3.89. The smallest absolute Gasteiger partial charge is 0.223 e. The van der Waals surface area contributed by atoms with Crippen molar-refractivity contribution in [1.82, 2.24) is 25.1 Å². The van der Waals surface area contributed by atoms with Gasteiger partial charge in [0.25, 0.3) is 0 Å². The van der Waals surface area contributed by atoms with E-state index in [0.717, 1.165) is 50.4 Å². The molecule has 1 amide bonds. The fourth-order valence-electron chi connectivity index (χ4n) is 4.17. The minimum atomic E-state index is 0.0918. The second kappa shape index (κ2) is 9.32. The molecule has 0 radical (unpaired) electrons. The van der Waals surface area contributed by atoms with Gasteiger partial charge in [-0.05, 0) is 44.2 Å². The largest absolute Gasteiger partial charge is 0.378 e. The van der Waals surface area contributed by atoms with Gasteiger partial charge < -0.3 is 15.0 Å². The molecule has 1 N–H and O–H groups in total. The molecule has 3 heterocycles. The Labute approximate surface area is 165 Å². The van der Waals surface area contributed by atoms with Gasteiger partial charge in [0, 0.05) is 32.2 Å². The summed E-state index contributed by atoms with van der Waals surface area (Å²) in [6.45, 7) is 3.13. The Balaban J connectivity index is 1.14. The zero-order valence-electron chi connectivity index (χ0n) is 16.4. The standard InChI is InChI=1S/C20H30N6O2/c27-20(21-11-4-14-28-17-5-2-1-3-6-17)16-9-12-25(13-10-16)19-8-7-18-23-22-15-26(18)24-19/h7-8,15-17H,1-6,9-14H2,(H,21,27). The first-order chi connectivity index (χ1) is 13.8. The highest BCUT2D eigenvalue weighted by molar-refractivity contribution is 5.78. The van der Waals surface area contributed by atoms with Gasteiger partial charge in [-0.25, -0.2) is 0 Å². The minimum Gasteiger partial charge on any atom is -0.378 e. The SMILES string of the molecule is O=C(NCCCOC1CCCCC1)C1CCN(c2ccc3nncn3n2)CC1. The first-order valence-corrected chi connectivity index (χ1v) is 10.6. The van der Waals surface area contributed by atoms with E-state index in [1.54, 1.807) is 10.8 Å². The quantitative estimate of drug-likeness (QED) is 0.735. The van der Waals surface area contributed by atoms with Crippen molar-refractivity contribution < 1.29 is 9.53 Å². The summed E-state index contributed by atoms with van der Waals surface area (Å²) in [5.41, 5.74) is 0.741. The van der Waals surface area contributed by atoms with Crippen LogP contribution >= 0.6 is 0 Å². The molecular formula is C20H30N6O2. The van der Waals surface area contributed by atoms with Gasteiger partial charge in [0.05, 0.1) is 6.10 Å². The highest BCUT2D eigenvalue weighted by Gasteiger charge is 2.25. The molecule has 1 saturated heterocycles. The van der Waals surface area contributed by atoms with Gasteiger partial charge in [0.15, 0.2) is 5.65 Å². The zero-order valence-corrected chi connectivity index (χ0v) is 16.4. The van der Waals surface area contributed by atoms with Crippen molar-refractivity contribution in [3.05, 3.63) is 18.5 Å². The molecule has 0 aromatic carbocycles. The van der Waals surface area contributed by atoms with Crippen LogP contribution in [0.2, 0.25) is 0 Å². The summed E-state index contributed by atoms with van der Waals surface area (Å²) in [5, 5.41) is 15.5. The number of carbonyl (C=O) groups excluding carboxylic acids is 1. The third-order valence-electron chi connectivity index (χ3n) is 5.86. The average Bonchev–Trinajstić information content (AvgIpc) is 3.22. The van der Waals surface area contributed by atoms with Gasteiger partial charge in [-0.1, -0.05) is 19.3 Å². The Morgan fingerprint density at radius 2 is 1.96 bits per heavy atom. The van der Waals surface area contributed by atoms with E-state index in [-0.39, 0.29) is 11.8 Å². The number of amides is 1. The second-order valence-electron chi connectivity index (χ2n) is 7.86. The van der Waals surface area contributed by atoms with Gasteiger partial charge in [-0.15, -0.1) is 15.3 Å². The number of ether oxygens (including phenoxy) is 1. The molecule has 2 aliphatic rings. The van der Waals surface area contributed by atoms with E-state index < -0.39 is 0 Å². The molecule has 152 valence electrons. The molecular weight excluding hydrogens is 356 g/mol. The molecule has 4 rings (SSSR count). The molecule has 0 atom stereocenters. The van der Waals surface area contributed by atoms with Gasteiger partial charge in [-0.2, -0.15) is 4.52 Å². The molecule has 0 bridgehead atoms. The highest BCUT2D eigenvalue weighted by Crippen LogP contribution is 2.22. The number of anilines is 1. The van der Waals surface area contributed by atoms with Crippen molar-refractivity contribution >= 4 is 17.4 Å². The lowest BCUT2D eigenvalue weighted by Crippen LogP contribution is -2.41. The maximum Gasteiger partial charge on any atom is 0.223 e. The molecule has 1 aliphatic heterocycles. The Hall–Kier alpha value is -2.22. The third-order valence-corrected chi connectivity index (χ3v) is 5.86. The monoisotopic (exact) mass is 386 g/mol. The maximum absolute atomic E-state index is 12.4. The summed E-state index contributed by atoms with van der Waals surface area (Å²) >= 11 is 0. The number of nitrogens with zero attached hydrogens (tertiary/aromatic N) is 5. The molecule has 2 aromatic rings. The third kappa shape index (κ3) is 4.79. The van der Waals surface area contributed by atoms with E-state index in [1.807, 2.05) is 12.1 Å². The average molecular weight is 387 g/mol. The first-order valence-electron chi connectivity index (χ1n) is 10.6. The lowest BCUT2D eigenvalue weighted by molar-refractivity contribution is -0.125. The van der Waals surface area contributed by atoms with Crippen LogP contribution in [0.25, 0.3) is 5.65 Å². The fourth-order valence-corrected chi connectivity index (χ4v) is 4.17. The molecule has 1 aliphatic carbocycles. The van der Waals surface area contributed by atoms with Gasteiger partial charge >= 0.3 is 0 Å². The molecule has 28 heavy (non-hydrogen) atoms. The fraction of sp³-hybridized carbons (Fsp3) is 0.700. The molecule has 2 fully saturated rings. The Morgan fingerprint density at radius 3 is 2.79 bits per heavy atom.